The molecule has 0 atom stereocenters. The second-order valence-corrected chi connectivity index (χ2v) is 3.68. The molecular formula is C11H18O2. The summed E-state index contributed by atoms with van der Waals surface area (Å²) in [6.07, 6.45) is 2.58. The highest BCUT2D eigenvalue weighted by Crippen LogP contribution is 2.09. The maximum absolute atomic E-state index is 11.3. The number of carbonyl (C=O) groups is 2. The monoisotopic (exact) mass is 182 g/mol. The molecule has 0 radical (unpaired) electrons. The van der Waals surface area contributed by atoms with Crippen molar-refractivity contribution in [2.45, 2.75) is 40.5 Å². The summed E-state index contributed by atoms with van der Waals surface area (Å²) in [5.74, 6) is 0.524. The van der Waals surface area contributed by atoms with Gasteiger partial charge in [-0.3, -0.25) is 9.59 Å². The minimum absolute atomic E-state index is 0.000365. The molecule has 0 aliphatic rings. The van der Waals surface area contributed by atoms with Gasteiger partial charge in [0.2, 0.25) is 0 Å². The summed E-state index contributed by atoms with van der Waals surface area (Å²) in [4.78, 5) is 22.3. The standard InChI is InChI=1S/C11H18O2/c1-5-10(9(4)12)7-11(13)6-8(2)3/h5,8H,6-7H2,1-4H3/b10-5-. The predicted molar refractivity (Wildman–Crippen MR) is 53.5 cm³/mol. The van der Waals surface area contributed by atoms with Gasteiger partial charge in [0.15, 0.2) is 5.78 Å². The first-order chi connectivity index (χ1) is 5.97. The maximum atomic E-state index is 11.3. The van der Waals surface area contributed by atoms with Crippen molar-refractivity contribution in [3.63, 3.8) is 0 Å². The minimum atomic E-state index is -0.000365. The Kier molecular flexibility index (Phi) is 5.28. The molecule has 0 aromatic rings. The van der Waals surface area contributed by atoms with Crippen LogP contribution in [0.4, 0.5) is 0 Å². The Morgan fingerprint density at radius 1 is 1.31 bits per heavy atom. The molecule has 0 N–H and O–H groups in total. The van der Waals surface area contributed by atoms with E-state index in [0.717, 1.165) is 0 Å². The van der Waals surface area contributed by atoms with Gasteiger partial charge in [0.1, 0.15) is 5.78 Å². The zero-order chi connectivity index (χ0) is 10.4. The van der Waals surface area contributed by atoms with Crippen LogP contribution in [0.2, 0.25) is 0 Å². The van der Waals surface area contributed by atoms with E-state index in [4.69, 9.17) is 0 Å². The molecule has 0 fully saturated rings. The Labute approximate surface area is 80.0 Å². The molecular weight excluding hydrogens is 164 g/mol. The van der Waals surface area contributed by atoms with Crippen molar-refractivity contribution in [1.29, 1.82) is 0 Å². The Morgan fingerprint density at radius 3 is 2.15 bits per heavy atom. The van der Waals surface area contributed by atoms with E-state index in [1.807, 2.05) is 13.8 Å². The zero-order valence-electron chi connectivity index (χ0n) is 8.89. The molecule has 0 rings (SSSR count). The van der Waals surface area contributed by atoms with Gasteiger partial charge in [-0.1, -0.05) is 19.9 Å². The second-order valence-electron chi connectivity index (χ2n) is 3.68. The molecule has 74 valence electrons. The molecule has 0 saturated heterocycles. The number of Topliss-reactive ketones (excluding diaryl/α,β-unsaturated/α-hetero) is 2. The summed E-state index contributed by atoms with van der Waals surface area (Å²) in [6, 6.07) is 0. The molecule has 0 aromatic carbocycles. The number of ketones is 2. The molecule has 13 heavy (non-hydrogen) atoms. The van der Waals surface area contributed by atoms with Crippen LogP contribution in [-0.4, -0.2) is 11.6 Å². The van der Waals surface area contributed by atoms with Gasteiger partial charge in [-0.15, -0.1) is 0 Å². The summed E-state index contributed by atoms with van der Waals surface area (Å²) in [6.45, 7) is 7.29. The fraction of sp³-hybridized carbons (Fsp3) is 0.636. The van der Waals surface area contributed by atoms with Gasteiger partial charge in [0.25, 0.3) is 0 Å². The van der Waals surface area contributed by atoms with Crippen LogP contribution in [-0.2, 0) is 9.59 Å². The van der Waals surface area contributed by atoms with Gasteiger partial charge in [0, 0.05) is 12.8 Å². The van der Waals surface area contributed by atoms with Crippen LogP contribution < -0.4 is 0 Å². The fourth-order valence-corrected chi connectivity index (χ4v) is 1.17. The van der Waals surface area contributed by atoms with Crippen LogP contribution in [0.3, 0.4) is 0 Å². The van der Waals surface area contributed by atoms with Gasteiger partial charge in [-0.05, 0) is 25.3 Å². The van der Waals surface area contributed by atoms with Crippen LogP contribution in [0.5, 0.6) is 0 Å². The largest absolute Gasteiger partial charge is 0.299 e. The summed E-state index contributed by atoms with van der Waals surface area (Å²) in [5.41, 5.74) is 0.630. The molecule has 0 heterocycles. The Hall–Kier alpha value is -0.920. The number of hydrogen-bond donors (Lipinski definition) is 0. The first-order valence-electron chi connectivity index (χ1n) is 4.65. The van der Waals surface area contributed by atoms with Crippen molar-refractivity contribution in [2.75, 3.05) is 0 Å². The zero-order valence-corrected chi connectivity index (χ0v) is 8.89. The summed E-state index contributed by atoms with van der Waals surface area (Å²) < 4.78 is 0. The van der Waals surface area contributed by atoms with E-state index in [1.165, 1.54) is 6.92 Å². The predicted octanol–water partition coefficient (Wildman–Crippen LogP) is 2.53. The van der Waals surface area contributed by atoms with Crippen molar-refractivity contribution in [2.24, 2.45) is 5.92 Å². The first-order valence-corrected chi connectivity index (χ1v) is 4.65. The molecule has 0 bridgehead atoms. The normalized spacial score (nSPS) is 11.9. The lowest BCUT2D eigenvalue weighted by Gasteiger charge is -2.04. The molecule has 0 saturated carbocycles. The van der Waals surface area contributed by atoms with E-state index in [1.54, 1.807) is 13.0 Å². The minimum Gasteiger partial charge on any atom is -0.299 e. The van der Waals surface area contributed by atoms with Crippen LogP contribution in [0.25, 0.3) is 0 Å². The molecule has 0 amide bonds. The Bertz CT molecular complexity index is 224. The molecule has 0 aliphatic carbocycles. The van der Waals surface area contributed by atoms with E-state index in [-0.39, 0.29) is 11.6 Å². The highest BCUT2D eigenvalue weighted by molar-refractivity contribution is 5.98. The smallest absolute Gasteiger partial charge is 0.155 e. The lowest BCUT2D eigenvalue weighted by Crippen LogP contribution is -2.07. The first kappa shape index (κ1) is 12.1. The molecule has 0 aromatic heterocycles. The fourth-order valence-electron chi connectivity index (χ4n) is 1.17. The number of carbonyl (C=O) groups excluding carboxylic acids is 2. The molecule has 2 heteroatoms. The van der Waals surface area contributed by atoms with Crippen LogP contribution in [0, 0.1) is 5.92 Å². The average molecular weight is 182 g/mol. The van der Waals surface area contributed by atoms with Crippen LogP contribution in [0.15, 0.2) is 11.6 Å². The van der Waals surface area contributed by atoms with Gasteiger partial charge in [0.05, 0.1) is 0 Å². The van der Waals surface area contributed by atoms with E-state index in [9.17, 15) is 9.59 Å². The molecule has 0 aliphatic heterocycles. The second kappa shape index (κ2) is 5.68. The third-order valence-corrected chi connectivity index (χ3v) is 1.82. The molecule has 0 spiro atoms. The van der Waals surface area contributed by atoms with E-state index >= 15 is 0 Å². The molecule has 0 unspecified atom stereocenters. The number of rotatable bonds is 5. The van der Waals surface area contributed by atoms with Gasteiger partial charge in [-0.2, -0.15) is 0 Å². The average Bonchev–Trinajstić information content (AvgIpc) is 1.98. The summed E-state index contributed by atoms with van der Waals surface area (Å²) >= 11 is 0. The van der Waals surface area contributed by atoms with E-state index in [2.05, 4.69) is 0 Å². The lowest BCUT2D eigenvalue weighted by atomic mass is 9.99. The highest BCUT2D eigenvalue weighted by atomic mass is 16.1. The number of hydrogen-bond acceptors (Lipinski definition) is 2. The van der Waals surface area contributed by atoms with Crippen LogP contribution in [0.1, 0.15) is 40.5 Å². The van der Waals surface area contributed by atoms with Gasteiger partial charge >= 0.3 is 0 Å². The van der Waals surface area contributed by atoms with E-state index < -0.39 is 0 Å². The van der Waals surface area contributed by atoms with Crippen molar-refractivity contribution >= 4 is 11.6 Å². The summed E-state index contributed by atoms with van der Waals surface area (Å²) in [5, 5.41) is 0. The van der Waals surface area contributed by atoms with E-state index in [0.29, 0.717) is 24.3 Å². The van der Waals surface area contributed by atoms with Crippen molar-refractivity contribution in [3.05, 3.63) is 11.6 Å². The van der Waals surface area contributed by atoms with Crippen molar-refractivity contribution in [3.8, 4) is 0 Å². The summed E-state index contributed by atoms with van der Waals surface area (Å²) in [7, 11) is 0. The van der Waals surface area contributed by atoms with Crippen molar-refractivity contribution in [1.82, 2.24) is 0 Å². The van der Waals surface area contributed by atoms with Crippen LogP contribution >= 0.6 is 0 Å². The third-order valence-electron chi connectivity index (χ3n) is 1.82. The quantitative estimate of drug-likeness (QED) is 0.612. The third kappa shape index (κ3) is 5.34. The topological polar surface area (TPSA) is 34.1 Å². The van der Waals surface area contributed by atoms with Crippen molar-refractivity contribution < 1.29 is 9.59 Å². The Morgan fingerprint density at radius 2 is 1.85 bits per heavy atom. The SMILES string of the molecule is C/C=C(/CC(=O)CC(C)C)C(C)=O. The highest BCUT2D eigenvalue weighted by Gasteiger charge is 2.10. The lowest BCUT2D eigenvalue weighted by molar-refractivity contribution is -0.121. The Balaban J connectivity index is 4.11. The van der Waals surface area contributed by atoms with Gasteiger partial charge in [-0.25, -0.2) is 0 Å². The number of allylic oxidation sites excluding steroid dienone is 2. The maximum Gasteiger partial charge on any atom is 0.155 e. The molecule has 2 nitrogen and oxygen atoms in total. The van der Waals surface area contributed by atoms with Gasteiger partial charge < -0.3 is 0 Å².